The Balaban J connectivity index is 2.37. The van der Waals surface area contributed by atoms with Gasteiger partial charge >= 0.3 is 0 Å². The Bertz CT molecular complexity index is 797. The second kappa shape index (κ2) is 8.17. The predicted octanol–water partition coefficient (Wildman–Crippen LogP) is 4.05. The fraction of sp³-hybridized carbons (Fsp3) is 0.188. The molecule has 6 nitrogen and oxygen atoms in total. The molecule has 0 saturated heterocycles. The van der Waals surface area contributed by atoms with Crippen molar-refractivity contribution in [3.05, 3.63) is 46.7 Å². The van der Waals surface area contributed by atoms with Crippen molar-refractivity contribution in [2.75, 3.05) is 0 Å². The van der Waals surface area contributed by atoms with Crippen molar-refractivity contribution < 1.29 is 18.7 Å². The minimum absolute atomic E-state index is 0.00987. The van der Waals surface area contributed by atoms with Crippen LogP contribution in [0.2, 0.25) is 5.02 Å². The van der Waals surface area contributed by atoms with E-state index in [1.165, 1.54) is 18.2 Å². The molecule has 25 heavy (non-hydrogen) atoms. The van der Waals surface area contributed by atoms with Gasteiger partial charge in [0.1, 0.15) is 11.6 Å². The standard InChI is InChI=1S/C16H15ClFN3O3S/c1-8(2)23-13-3-9(15(22)21-16(19)25)4-14(20-13)24-12-6-10(17)5-11(18)7-12/h3-8H,1-2H3,(H3,19,21,22,25). The summed E-state index contributed by atoms with van der Waals surface area (Å²) in [6.45, 7) is 3.59. The number of rotatable bonds is 5. The van der Waals surface area contributed by atoms with Crippen LogP contribution in [0.3, 0.4) is 0 Å². The lowest BCUT2D eigenvalue weighted by atomic mass is 10.2. The lowest BCUT2D eigenvalue weighted by molar-refractivity contribution is 0.0976. The zero-order valence-electron chi connectivity index (χ0n) is 13.3. The number of thiol groups is 1. The third kappa shape index (κ3) is 5.91. The summed E-state index contributed by atoms with van der Waals surface area (Å²) in [5.74, 6) is -0.884. The third-order valence-electron chi connectivity index (χ3n) is 2.69. The lowest BCUT2D eigenvalue weighted by Crippen LogP contribution is -2.26. The van der Waals surface area contributed by atoms with E-state index in [1.54, 1.807) is 13.8 Å². The number of halogens is 2. The first-order valence-electron chi connectivity index (χ1n) is 7.14. The van der Waals surface area contributed by atoms with Gasteiger partial charge in [-0.15, -0.1) is 12.6 Å². The third-order valence-corrected chi connectivity index (χ3v) is 3.02. The molecule has 1 heterocycles. The molecule has 0 atom stereocenters. The Kier molecular flexibility index (Phi) is 6.22. The number of carbonyl (C=O) groups excluding carboxylic acids is 1. The molecule has 0 aliphatic rings. The first-order valence-corrected chi connectivity index (χ1v) is 7.97. The minimum Gasteiger partial charge on any atom is -0.475 e. The van der Waals surface area contributed by atoms with Crippen LogP contribution < -0.4 is 14.8 Å². The summed E-state index contributed by atoms with van der Waals surface area (Å²) in [5, 5.41) is 9.30. The van der Waals surface area contributed by atoms with Crippen LogP contribution in [0.4, 0.5) is 4.39 Å². The number of hydrogen-bond donors (Lipinski definition) is 3. The average Bonchev–Trinajstić information content (AvgIpc) is 2.44. The van der Waals surface area contributed by atoms with E-state index in [0.717, 1.165) is 12.1 Å². The van der Waals surface area contributed by atoms with Crippen molar-refractivity contribution in [1.82, 2.24) is 10.3 Å². The first kappa shape index (κ1) is 19.0. The molecule has 0 spiro atoms. The maximum Gasteiger partial charge on any atom is 0.257 e. The molecule has 0 bridgehead atoms. The quantitative estimate of drug-likeness (QED) is 0.413. The average molecular weight is 384 g/mol. The molecule has 132 valence electrons. The van der Waals surface area contributed by atoms with Crippen molar-refractivity contribution in [1.29, 1.82) is 5.41 Å². The first-order chi connectivity index (χ1) is 11.7. The molecule has 2 aromatic rings. The van der Waals surface area contributed by atoms with E-state index in [1.807, 2.05) is 0 Å². The summed E-state index contributed by atoms with van der Waals surface area (Å²) in [5.41, 5.74) is 0.141. The lowest BCUT2D eigenvalue weighted by Gasteiger charge is -2.13. The molecule has 1 aromatic heterocycles. The van der Waals surface area contributed by atoms with Gasteiger partial charge in [-0.25, -0.2) is 4.39 Å². The van der Waals surface area contributed by atoms with Gasteiger partial charge in [0.05, 0.1) is 11.7 Å². The second-order valence-corrected chi connectivity index (χ2v) is 6.09. The molecule has 0 radical (unpaired) electrons. The van der Waals surface area contributed by atoms with Gasteiger partial charge in [-0.3, -0.25) is 10.2 Å². The largest absolute Gasteiger partial charge is 0.475 e. The number of pyridine rings is 1. The number of amides is 1. The van der Waals surface area contributed by atoms with Crippen LogP contribution in [-0.2, 0) is 0 Å². The van der Waals surface area contributed by atoms with Gasteiger partial charge in [-0.05, 0) is 26.0 Å². The number of nitrogens with one attached hydrogen (secondary N) is 2. The molecule has 0 saturated carbocycles. The Morgan fingerprint density at radius 3 is 2.56 bits per heavy atom. The number of benzene rings is 1. The Hall–Kier alpha value is -2.32. The summed E-state index contributed by atoms with van der Waals surface area (Å²) in [7, 11) is 0. The van der Waals surface area contributed by atoms with E-state index < -0.39 is 11.7 Å². The second-order valence-electron chi connectivity index (χ2n) is 5.21. The zero-order chi connectivity index (χ0) is 18.6. The summed E-state index contributed by atoms with van der Waals surface area (Å²) < 4.78 is 24.4. The van der Waals surface area contributed by atoms with Crippen LogP contribution in [0.25, 0.3) is 0 Å². The maximum atomic E-state index is 13.4. The summed E-state index contributed by atoms with van der Waals surface area (Å²) >= 11 is 9.51. The Morgan fingerprint density at radius 1 is 1.28 bits per heavy atom. The SMILES string of the molecule is CC(C)Oc1cc(C(=O)NC(=N)S)cc(Oc2cc(F)cc(Cl)c2)n1. The van der Waals surface area contributed by atoms with Gasteiger partial charge in [0.25, 0.3) is 5.91 Å². The van der Waals surface area contributed by atoms with Gasteiger partial charge in [-0.1, -0.05) is 11.6 Å². The molecular formula is C16H15ClFN3O3S. The molecule has 0 aliphatic carbocycles. The van der Waals surface area contributed by atoms with Crippen LogP contribution in [0.1, 0.15) is 24.2 Å². The van der Waals surface area contributed by atoms with Crippen molar-refractivity contribution >= 4 is 35.3 Å². The molecule has 1 aromatic carbocycles. The summed E-state index contributed by atoms with van der Waals surface area (Å²) in [6, 6.07) is 6.41. The van der Waals surface area contributed by atoms with Crippen LogP contribution >= 0.6 is 24.2 Å². The number of aromatic nitrogens is 1. The van der Waals surface area contributed by atoms with E-state index in [-0.39, 0.29) is 39.4 Å². The van der Waals surface area contributed by atoms with Gasteiger partial charge in [0, 0.05) is 23.2 Å². The number of carbonyl (C=O) groups is 1. The predicted molar refractivity (Wildman–Crippen MR) is 95.7 cm³/mol. The summed E-state index contributed by atoms with van der Waals surface area (Å²) in [6.07, 6.45) is -0.189. The highest BCUT2D eigenvalue weighted by Crippen LogP contribution is 2.27. The minimum atomic E-state index is -0.585. The molecule has 2 rings (SSSR count). The summed E-state index contributed by atoms with van der Waals surface area (Å²) in [4.78, 5) is 16.2. The van der Waals surface area contributed by atoms with Crippen molar-refractivity contribution in [2.24, 2.45) is 0 Å². The van der Waals surface area contributed by atoms with Gasteiger partial charge < -0.3 is 14.8 Å². The number of hydrogen-bond acceptors (Lipinski definition) is 5. The van der Waals surface area contributed by atoms with Crippen molar-refractivity contribution in [3.63, 3.8) is 0 Å². The Labute approximate surface area is 154 Å². The topological polar surface area (TPSA) is 84.3 Å². The fourth-order valence-corrected chi connectivity index (χ4v) is 2.17. The van der Waals surface area contributed by atoms with E-state index in [4.69, 9.17) is 26.5 Å². The monoisotopic (exact) mass is 383 g/mol. The molecule has 0 aliphatic heterocycles. The number of nitrogens with zero attached hydrogens (tertiary/aromatic N) is 1. The molecule has 2 N–H and O–H groups in total. The van der Waals surface area contributed by atoms with Crippen LogP contribution in [0.15, 0.2) is 30.3 Å². The highest BCUT2D eigenvalue weighted by Gasteiger charge is 2.14. The fourth-order valence-electron chi connectivity index (χ4n) is 1.85. The highest BCUT2D eigenvalue weighted by molar-refractivity contribution is 7.96. The van der Waals surface area contributed by atoms with E-state index in [2.05, 4.69) is 22.9 Å². The van der Waals surface area contributed by atoms with Crippen LogP contribution in [0, 0.1) is 11.2 Å². The number of amidine groups is 1. The molecule has 1 amide bonds. The Morgan fingerprint density at radius 2 is 1.96 bits per heavy atom. The van der Waals surface area contributed by atoms with Gasteiger partial charge in [0.15, 0.2) is 5.17 Å². The smallest absolute Gasteiger partial charge is 0.257 e. The van der Waals surface area contributed by atoms with Crippen LogP contribution in [-0.4, -0.2) is 22.2 Å². The normalized spacial score (nSPS) is 10.5. The number of ether oxygens (including phenoxy) is 2. The maximum absolute atomic E-state index is 13.4. The van der Waals surface area contributed by atoms with E-state index in [9.17, 15) is 9.18 Å². The zero-order valence-corrected chi connectivity index (χ0v) is 15.0. The molecule has 0 fully saturated rings. The van der Waals surface area contributed by atoms with Crippen molar-refractivity contribution in [3.8, 4) is 17.5 Å². The van der Waals surface area contributed by atoms with E-state index in [0.29, 0.717) is 0 Å². The molecular weight excluding hydrogens is 369 g/mol. The van der Waals surface area contributed by atoms with Crippen LogP contribution in [0.5, 0.6) is 17.5 Å². The molecule has 9 heteroatoms. The van der Waals surface area contributed by atoms with Gasteiger partial charge in [0.2, 0.25) is 11.8 Å². The van der Waals surface area contributed by atoms with Gasteiger partial charge in [-0.2, -0.15) is 4.98 Å². The van der Waals surface area contributed by atoms with Crippen molar-refractivity contribution in [2.45, 2.75) is 20.0 Å². The van der Waals surface area contributed by atoms with E-state index >= 15 is 0 Å². The highest BCUT2D eigenvalue weighted by atomic mass is 35.5. The molecule has 0 unspecified atom stereocenters.